The summed E-state index contributed by atoms with van der Waals surface area (Å²) in [6, 6.07) is 0.810. The summed E-state index contributed by atoms with van der Waals surface area (Å²) < 4.78 is 37.2. The fourth-order valence-electron chi connectivity index (χ4n) is 0.983. The lowest BCUT2D eigenvalue weighted by Gasteiger charge is -2.02. The number of aromatic nitrogens is 1. The molecule has 0 aromatic carbocycles. The van der Waals surface area contributed by atoms with E-state index in [1.807, 2.05) is 0 Å². The minimum Gasteiger partial charge on any atom is -0.358 e. The van der Waals surface area contributed by atoms with Crippen LogP contribution in [0.1, 0.15) is 17.6 Å². The molecule has 0 fully saturated rings. The molecule has 1 heterocycles. The maximum absolute atomic E-state index is 12.8. The van der Waals surface area contributed by atoms with Gasteiger partial charge in [0.25, 0.3) is 6.43 Å². The first kappa shape index (κ1) is 10.4. The average molecular weight is 206 g/mol. The maximum Gasteiger partial charge on any atom is 0.367 e. The van der Waals surface area contributed by atoms with Gasteiger partial charge in [0.2, 0.25) is 0 Å². The smallest absolute Gasteiger partial charge is 0.358 e. The Morgan fingerprint density at radius 3 is 2.50 bits per heavy atom. The van der Waals surface area contributed by atoms with Crippen LogP contribution in [0, 0.1) is 23.0 Å². The lowest BCUT2D eigenvalue weighted by molar-refractivity contribution is -0.390. The molecule has 4 nitrogen and oxygen atoms in total. The average Bonchev–Trinajstić information content (AvgIpc) is 2.01. The summed E-state index contributed by atoms with van der Waals surface area (Å²) in [5, 5.41) is 10.2. The maximum atomic E-state index is 12.8. The Kier molecular flexibility index (Phi) is 2.68. The van der Waals surface area contributed by atoms with Crippen LogP contribution < -0.4 is 0 Å². The molecule has 0 aliphatic carbocycles. The number of rotatable bonds is 2. The molecular weight excluding hydrogens is 201 g/mol. The molecule has 1 aromatic heterocycles. The van der Waals surface area contributed by atoms with Crippen molar-refractivity contribution >= 4 is 5.82 Å². The first-order chi connectivity index (χ1) is 6.43. The Balaban J connectivity index is 3.32. The number of hydrogen-bond acceptors (Lipinski definition) is 3. The van der Waals surface area contributed by atoms with Crippen molar-refractivity contribution in [3.8, 4) is 0 Å². The third-order valence-electron chi connectivity index (χ3n) is 1.61. The van der Waals surface area contributed by atoms with Gasteiger partial charge in [-0.25, -0.2) is 8.78 Å². The largest absolute Gasteiger partial charge is 0.367 e. The summed E-state index contributed by atoms with van der Waals surface area (Å²) in [4.78, 5) is 12.0. The minimum absolute atomic E-state index is 0.181. The van der Waals surface area contributed by atoms with Gasteiger partial charge in [-0.2, -0.15) is 4.39 Å². The van der Waals surface area contributed by atoms with Gasteiger partial charge >= 0.3 is 11.8 Å². The van der Waals surface area contributed by atoms with Crippen LogP contribution >= 0.6 is 0 Å². The third kappa shape index (κ3) is 1.81. The van der Waals surface area contributed by atoms with Crippen LogP contribution in [0.15, 0.2) is 6.07 Å². The molecule has 0 N–H and O–H groups in total. The molecule has 1 rings (SSSR count). The molecule has 0 atom stereocenters. The number of aryl methyl sites for hydroxylation is 1. The van der Waals surface area contributed by atoms with Crippen molar-refractivity contribution in [2.45, 2.75) is 13.3 Å². The molecular formula is C7H5F3N2O2. The number of halogens is 3. The molecule has 0 saturated heterocycles. The Labute approximate surface area is 76.5 Å². The number of nitro groups is 1. The van der Waals surface area contributed by atoms with Crippen molar-refractivity contribution < 1.29 is 18.1 Å². The molecule has 0 aliphatic heterocycles. The molecule has 7 heteroatoms. The van der Waals surface area contributed by atoms with E-state index in [2.05, 4.69) is 4.98 Å². The van der Waals surface area contributed by atoms with Crippen molar-refractivity contribution in [3.05, 3.63) is 33.3 Å². The summed E-state index contributed by atoms with van der Waals surface area (Å²) in [6.45, 7) is 1.17. The van der Waals surface area contributed by atoms with Gasteiger partial charge in [-0.3, -0.25) is 0 Å². The molecule has 76 valence electrons. The van der Waals surface area contributed by atoms with E-state index in [1.165, 1.54) is 6.92 Å². The Bertz CT molecular complexity index is 358. The van der Waals surface area contributed by atoms with Crippen molar-refractivity contribution in [1.29, 1.82) is 0 Å². The lowest BCUT2D eigenvalue weighted by Crippen LogP contribution is -2.02. The number of hydrogen-bond donors (Lipinski definition) is 0. The Hall–Kier alpha value is -1.66. The van der Waals surface area contributed by atoms with Gasteiger partial charge in [0.15, 0.2) is 0 Å². The van der Waals surface area contributed by atoms with E-state index in [1.54, 1.807) is 0 Å². The summed E-state index contributed by atoms with van der Waals surface area (Å²) >= 11 is 0. The van der Waals surface area contributed by atoms with Crippen LogP contribution in [-0.4, -0.2) is 9.91 Å². The van der Waals surface area contributed by atoms with E-state index in [9.17, 15) is 23.3 Å². The van der Waals surface area contributed by atoms with Crippen LogP contribution in [0.3, 0.4) is 0 Å². The highest BCUT2D eigenvalue weighted by Crippen LogP contribution is 2.26. The van der Waals surface area contributed by atoms with E-state index in [4.69, 9.17) is 0 Å². The van der Waals surface area contributed by atoms with Crippen molar-refractivity contribution in [1.82, 2.24) is 4.98 Å². The molecule has 0 spiro atoms. The zero-order chi connectivity index (χ0) is 10.9. The highest BCUT2D eigenvalue weighted by atomic mass is 19.3. The van der Waals surface area contributed by atoms with Crippen LogP contribution in [0.25, 0.3) is 0 Å². The second kappa shape index (κ2) is 3.60. The van der Waals surface area contributed by atoms with Crippen LogP contribution in [-0.2, 0) is 0 Å². The number of pyridine rings is 1. The fraction of sp³-hybridized carbons (Fsp3) is 0.286. The summed E-state index contributed by atoms with van der Waals surface area (Å²) in [6.07, 6.45) is -3.02. The molecule has 0 radical (unpaired) electrons. The Morgan fingerprint density at radius 1 is 1.57 bits per heavy atom. The predicted molar refractivity (Wildman–Crippen MR) is 40.5 cm³/mol. The van der Waals surface area contributed by atoms with Crippen molar-refractivity contribution in [2.24, 2.45) is 0 Å². The van der Waals surface area contributed by atoms with Gasteiger partial charge in [0, 0.05) is 6.07 Å². The predicted octanol–water partition coefficient (Wildman–Crippen LogP) is 2.37. The highest BCUT2D eigenvalue weighted by Gasteiger charge is 2.24. The SMILES string of the molecule is Cc1cc([N+](=O)[O-])nc(F)c1C(F)F. The zero-order valence-corrected chi connectivity index (χ0v) is 7.00. The van der Waals surface area contributed by atoms with E-state index in [0.717, 1.165) is 6.07 Å². The normalized spacial score (nSPS) is 10.6. The van der Waals surface area contributed by atoms with E-state index < -0.39 is 28.7 Å². The van der Waals surface area contributed by atoms with Crippen LogP contribution in [0.2, 0.25) is 0 Å². The standard InChI is InChI=1S/C7H5F3N2O2/c1-3-2-4(12(13)14)11-7(10)5(3)6(8)9/h2,6H,1H3. The summed E-state index contributed by atoms with van der Waals surface area (Å²) in [5.41, 5.74) is -1.07. The molecule has 0 aliphatic rings. The number of alkyl halides is 2. The van der Waals surface area contributed by atoms with E-state index in [0.29, 0.717) is 0 Å². The quantitative estimate of drug-likeness (QED) is 0.424. The lowest BCUT2D eigenvalue weighted by atomic mass is 10.1. The molecule has 0 unspecified atom stereocenters. The van der Waals surface area contributed by atoms with E-state index >= 15 is 0 Å². The second-order valence-corrected chi connectivity index (χ2v) is 2.56. The molecule has 0 saturated carbocycles. The van der Waals surface area contributed by atoms with Gasteiger partial charge < -0.3 is 10.1 Å². The van der Waals surface area contributed by atoms with E-state index in [-0.39, 0.29) is 5.56 Å². The fourth-order valence-corrected chi connectivity index (χ4v) is 0.983. The molecule has 14 heavy (non-hydrogen) atoms. The van der Waals surface area contributed by atoms with Crippen molar-refractivity contribution in [3.63, 3.8) is 0 Å². The zero-order valence-electron chi connectivity index (χ0n) is 7.00. The number of nitrogens with zero attached hydrogens (tertiary/aromatic N) is 2. The second-order valence-electron chi connectivity index (χ2n) is 2.56. The first-order valence-corrected chi connectivity index (χ1v) is 3.53. The molecule has 0 amide bonds. The summed E-state index contributed by atoms with van der Waals surface area (Å²) in [5.74, 6) is -2.27. The van der Waals surface area contributed by atoms with Gasteiger partial charge in [-0.1, -0.05) is 0 Å². The highest BCUT2D eigenvalue weighted by molar-refractivity contribution is 5.33. The monoisotopic (exact) mass is 206 g/mol. The Morgan fingerprint density at radius 2 is 2.14 bits per heavy atom. The van der Waals surface area contributed by atoms with Gasteiger partial charge in [0.05, 0.1) is 0 Å². The van der Waals surface area contributed by atoms with Gasteiger partial charge in [0.1, 0.15) is 5.56 Å². The minimum atomic E-state index is -3.02. The molecule has 1 aromatic rings. The summed E-state index contributed by atoms with van der Waals surface area (Å²) in [7, 11) is 0. The van der Waals surface area contributed by atoms with Crippen LogP contribution in [0.4, 0.5) is 19.0 Å². The molecule has 0 bridgehead atoms. The van der Waals surface area contributed by atoms with Crippen LogP contribution in [0.5, 0.6) is 0 Å². The third-order valence-corrected chi connectivity index (χ3v) is 1.61. The van der Waals surface area contributed by atoms with Gasteiger partial charge in [-0.15, -0.1) is 0 Å². The first-order valence-electron chi connectivity index (χ1n) is 3.53. The van der Waals surface area contributed by atoms with Crippen molar-refractivity contribution in [2.75, 3.05) is 0 Å². The van der Waals surface area contributed by atoms with Gasteiger partial charge in [-0.05, 0) is 22.4 Å². The topological polar surface area (TPSA) is 56.0 Å².